The lowest BCUT2D eigenvalue weighted by atomic mass is 10.1. The van der Waals surface area contributed by atoms with Crippen molar-refractivity contribution < 1.29 is 0 Å². The largest absolute Gasteiger partial charge is 0.348 e. The van der Waals surface area contributed by atoms with E-state index in [1.165, 1.54) is 0 Å². The van der Waals surface area contributed by atoms with Gasteiger partial charge in [-0.05, 0) is 19.8 Å². The van der Waals surface area contributed by atoms with Crippen molar-refractivity contribution in [1.82, 2.24) is 29.5 Å². The maximum Gasteiger partial charge on any atom is 0.159 e. The van der Waals surface area contributed by atoms with Gasteiger partial charge in [-0.15, -0.1) is 0 Å². The molecule has 0 amide bonds. The summed E-state index contributed by atoms with van der Waals surface area (Å²) in [6.07, 6.45) is 11.1. The van der Waals surface area contributed by atoms with Gasteiger partial charge in [-0.25, -0.2) is 19.9 Å². The lowest BCUT2D eigenvalue weighted by Gasteiger charge is -2.25. The van der Waals surface area contributed by atoms with E-state index in [0.29, 0.717) is 0 Å². The van der Waals surface area contributed by atoms with Gasteiger partial charge in [-0.2, -0.15) is 0 Å². The molecule has 122 valence electrons. The number of rotatable bonds is 3. The summed E-state index contributed by atoms with van der Waals surface area (Å²) in [5, 5.41) is 0. The van der Waals surface area contributed by atoms with Crippen LogP contribution in [0.4, 0.5) is 5.82 Å². The molecule has 4 heterocycles. The van der Waals surface area contributed by atoms with E-state index in [9.17, 15) is 0 Å². The van der Waals surface area contributed by atoms with Crippen LogP contribution < -0.4 is 4.90 Å². The second-order valence-corrected chi connectivity index (χ2v) is 6.06. The highest BCUT2D eigenvalue weighted by molar-refractivity contribution is 5.49. The van der Waals surface area contributed by atoms with E-state index in [4.69, 9.17) is 4.98 Å². The van der Waals surface area contributed by atoms with Gasteiger partial charge < -0.3 is 9.47 Å². The van der Waals surface area contributed by atoms with Crippen LogP contribution in [0, 0.1) is 6.92 Å². The first-order chi connectivity index (χ1) is 11.7. The lowest BCUT2D eigenvalue weighted by Crippen LogP contribution is -2.24. The van der Waals surface area contributed by atoms with Crippen LogP contribution >= 0.6 is 0 Å². The van der Waals surface area contributed by atoms with Crippen LogP contribution in [0.3, 0.4) is 0 Å². The Bertz CT molecular complexity index is 857. The molecule has 0 spiro atoms. The Morgan fingerprint density at radius 2 is 2.08 bits per heavy atom. The highest BCUT2D eigenvalue weighted by atomic mass is 15.2. The SMILES string of the molecule is Cc1cc(N2CCC[C@@H]2c2cncc(-c3nccn3C)n2)ncn1. The standard InChI is InChI=1S/C17H19N7/c1-12-8-16(21-11-20-12)24-6-3-4-15(24)13-9-18-10-14(22-13)17-19-5-7-23(17)2/h5,7-11,15H,3-4,6H2,1-2H3/t15-/m1/s1. The van der Waals surface area contributed by atoms with Gasteiger partial charge in [0.25, 0.3) is 0 Å². The molecule has 1 aliphatic rings. The fourth-order valence-corrected chi connectivity index (χ4v) is 3.21. The fourth-order valence-electron chi connectivity index (χ4n) is 3.21. The summed E-state index contributed by atoms with van der Waals surface area (Å²) in [7, 11) is 1.96. The molecule has 7 nitrogen and oxygen atoms in total. The average Bonchev–Trinajstić information content (AvgIpc) is 3.24. The van der Waals surface area contributed by atoms with E-state index < -0.39 is 0 Å². The summed E-state index contributed by atoms with van der Waals surface area (Å²) in [5.41, 5.74) is 2.73. The lowest BCUT2D eigenvalue weighted by molar-refractivity contribution is 0.681. The van der Waals surface area contributed by atoms with Crippen LogP contribution in [0.25, 0.3) is 11.5 Å². The van der Waals surface area contributed by atoms with E-state index in [1.807, 2.05) is 37.0 Å². The first kappa shape index (κ1) is 14.7. The molecule has 0 saturated carbocycles. The zero-order valence-corrected chi connectivity index (χ0v) is 13.8. The van der Waals surface area contributed by atoms with Crippen molar-refractivity contribution in [2.45, 2.75) is 25.8 Å². The summed E-state index contributed by atoms with van der Waals surface area (Å²) in [4.78, 5) is 24.5. The monoisotopic (exact) mass is 321 g/mol. The van der Waals surface area contributed by atoms with Crippen molar-refractivity contribution in [3.63, 3.8) is 0 Å². The molecular formula is C17H19N7. The Labute approximate surface area is 140 Å². The van der Waals surface area contributed by atoms with Crippen molar-refractivity contribution in [3.8, 4) is 11.5 Å². The van der Waals surface area contributed by atoms with E-state index >= 15 is 0 Å². The fraction of sp³-hybridized carbons (Fsp3) is 0.353. The predicted octanol–water partition coefficient (Wildman–Crippen LogP) is 2.32. The van der Waals surface area contributed by atoms with Crippen molar-refractivity contribution >= 4 is 5.82 Å². The molecule has 3 aromatic rings. The molecule has 0 aliphatic carbocycles. The number of anilines is 1. The zero-order valence-electron chi connectivity index (χ0n) is 13.8. The Balaban J connectivity index is 1.69. The van der Waals surface area contributed by atoms with Crippen molar-refractivity contribution in [1.29, 1.82) is 0 Å². The summed E-state index contributed by atoms with van der Waals surface area (Å²) in [5.74, 6) is 1.78. The third-order valence-corrected chi connectivity index (χ3v) is 4.38. The van der Waals surface area contributed by atoms with Gasteiger partial charge in [0.2, 0.25) is 0 Å². The van der Waals surface area contributed by atoms with E-state index in [1.54, 1.807) is 18.7 Å². The smallest absolute Gasteiger partial charge is 0.159 e. The third-order valence-electron chi connectivity index (χ3n) is 4.38. The Kier molecular flexibility index (Phi) is 3.68. The number of nitrogens with zero attached hydrogens (tertiary/aromatic N) is 7. The molecular weight excluding hydrogens is 302 g/mol. The van der Waals surface area contributed by atoms with Crippen LogP contribution in [0.15, 0.2) is 37.2 Å². The molecule has 0 aromatic carbocycles. The van der Waals surface area contributed by atoms with Crippen molar-refractivity contribution in [2.75, 3.05) is 11.4 Å². The summed E-state index contributed by atoms with van der Waals surface area (Å²) < 4.78 is 1.95. The van der Waals surface area contributed by atoms with Gasteiger partial charge in [-0.3, -0.25) is 4.98 Å². The number of hydrogen-bond acceptors (Lipinski definition) is 6. The molecule has 3 aromatic heterocycles. The quantitative estimate of drug-likeness (QED) is 0.737. The molecule has 7 heteroatoms. The van der Waals surface area contributed by atoms with Gasteiger partial charge in [0.15, 0.2) is 5.82 Å². The Morgan fingerprint density at radius 1 is 1.17 bits per heavy atom. The van der Waals surface area contributed by atoms with Crippen LogP contribution in [0.1, 0.15) is 30.3 Å². The van der Waals surface area contributed by atoms with Gasteiger partial charge >= 0.3 is 0 Å². The van der Waals surface area contributed by atoms with E-state index in [2.05, 4.69) is 24.8 Å². The minimum Gasteiger partial charge on any atom is -0.348 e. The molecule has 24 heavy (non-hydrogen) atoms. The van der Waals surface area contributed by atoms with Crippen LogP contribution in [0.5, 0.6) is 0 Å². The van der Waals surface area contributed by atoms with Gasteiger partial charge in [0.05, 0.1) is 24.1 Å². The maximum absolute atomic E-state index is 4.83. The molecule has 0 bridgehead atoms. The van der Waals surface area contributed by atoms with E-state index in [-0.39, 0.29) is 6.04 Å². The summed E-state index contributed by atoms with van der Waals surface area (Å²) >= 11 is 0. The minimum absolute atomic E-state index is 0.187. The average molecular weight is 321 g/mol. The molecule has 1 saturated heterocycles. The van der Waals surface area contributed by atoms with Crippen LogP contribution in [-0.2, 0) is 7.05 Å². The Hall–Kier alpha value is -2.83. The Morgan fingerprint density at radius 3 is 2.88 bits per heavy atom. The predicted molar refractivity (Wildman–Crippen MR) is 90.3 cm³/mol. The molecule has 1 fully saturated rings. The topological polar surface area (TPSA) is 72.6 Å². The zero-order chi connectivity index (χ0) is 16.5. The molecule has 0 radical (unpaired) electrons. The van der Waals surface area contributed by atoms with Crippen LogP contribution in [-0.4, -0.2) is 36.0 Å². The van der Waals surface area contributed by atoms with Gasteiger partial charge in [0, 0.05) is 37.7 Å². The number of hydrogen-bond donors (Lipinski definition) is 0. The molecule has 4 rings (SSSR count). The minimum atomic E-state index is 0.187. The highest BCUT2D eigenvalue weighted by Crippen LogP contribution is 2.34. The summed E-state index contributed by atoms with van der Waals surface area (Å²) in [6, 6.07) is 2.21. The molecule has 1 aliphatic heterocycles. The second kappa shape index (κ2) is 5.99. The number of imidazole rings is 1. The maximum atomic E-state index is 4.83. The second-order valence-electron chi connectivity index (χ2n) is 6.06. The highest BCUT2D eigenvalue weighted by Gasteiger charge is 2.29. The molecule has 1 atom stereocenters. The normalized spacial score (nSPS) is 17.4. The van der Waals surface area contributed by atoms with E-state index in [0.717, 1.165) is 48.1 Å². The number of aryl methyl sites for hydroxylation is 2. The van der Waals surface area contributed by atoms with Gasteiger partial charge in [0.1, 0.15) is 17.8 Å². The first-order valence-corrected chi connectivity index (χ1v) is 8.07. The molecule has 0 unspecified atom stereocenters. The van der Waals surface area contributed by atoms with Gasteiger partial charge in [-0.1, -0.05) is 0 Å². The molecule has 0 N–H and O–H groups in total. The number of aromatic nitrogens is 6. The van der Waals surface area contributed by atoms with Crippen molar-refractivity contribution in [3.05, 3.63) is 48.6 Å². The van der Waals surface area contributed by atoms with Crippen molar-refractivity contribution in [2.24, 2.45) is 7.05 Å². The third kappa shape index (κ3) is 2.62. The summed E-state index contributed by atoms with van der Waals surface area (Å²) in [6.45, 7) is 2.95. The first-order valence-electron chi connectivity index (χ1n) is 8.07. The van der Waals surface area contributed by atoms with Crippen LogP contribution in [0.2, 0.25) is 0 Å².